The van der Waals surface area contributed by atoms with Gasteiger partial charge in [0.1, 0.15) is 6.54 Å². The van der Waals surface area contributed by atoms with Gasteiger partial charge in [-0.3, -0.25) is 4.79 Å². The van der Waals surface area contributed by atoms with E-state index in [1.54, 1.807) is 6.92 Å². The molecule has 1 fully saturated rings. The highest BCUT2D eigenvalue weighted by molar-refractivity contribution is 5.80. The normalized spacial score (nSPS) is 24.1. The second-order valence-corrected chi connectivity index (χ2v) is 5.17. The van der Waals surface area contributed by atoms with Gasteiger partial charge in [-0.15, -0.1) is 0 Å². The molecule has 0 radical (unpaired) electrons. The summed E-state index contributed by atoms with van der Waals surface area (Å²) in [4.78, 5) is 23.9. The first-order chi connectivity index (χ1) is 8.52. The molecule has 5 nitrogen and oxygen atoms in total. The molecule has 2 amide bonds. The van der Waals surface area contributed by atoms with Crippen LogP contribution in [0.5, 0.6) is 0 Å². The summed E-state index contributed by atoms with van der Waals surface area (Å²) in [5.41, 5.74) is 0. The van der Waals surface area contributed by atoms with E-state index in [1.165, 1.54) is 11.3 Å². The van der Waals surface area contributed by atoms with E-state index in [4.69, 9.17) is 5.11 Å². The molecule has 2 atom stereocenters. The highest BCUT2D eigenvalue weighted by Crippen LogP contribution is 2.22. The number of urea groups is 1. The Morgan fingerprint density at radius 3 is 2.61 bits per heavy atom. The molecule has 0 aliphatic heterocycles. The highest BCUT2D eigenvalue weighted by atomic mass is 16.4. The van der Waals surface area contributed by atoms with E-state index in [0.717, 1.165) is 31.6 Å². The fourth-order valence-electron chi connectivity index (χ4n) is 2.39. The number of carbonyl (C=O) groups is 2. The fraction of sp³-hybridized carbons (Fsp3) is 0.846. The average Bonchev–Trinajstić information content (AvgIpc) is 2.51. The predicted octanol–water partition coefficient (Wildman–Crippen LogP) is 2.07. The molecular weight excluding hydrogens is 232 g/mol. The van der Waals surface area contributed by atoms with Crippen LogP contribution in [0.15, 0.2) is 0 Å². The lowest BCUT2D eigenvalue weighted by Crippen LogP contribution is -2.46. The molecule has 0 aromatic carbocycles. The summed E-state index contributed by atoms with van der Waals surface area (Å²) >= 11 is 0. The molecule has 0 aromatic rings. The molecule has 0 bridgehead atoms. The molecule has 104 valence electrons. The molecule has 0 spiro atoms. The van der Waals surface area contributed by atoms with Gasteiger partial charge in [0.2, 0.25) is 0 Å². The number of nitrogens with zero attached hydrogens (tertiary/aromatic N) is 1. The van der Waals surface area contributed by atoms with E-state index in [2.05, 4.69) is 12.2 Å². The first kappa shape index (κ1) is 14.8. The van der Waals surface area contributed by atoms with Gasteiger partial charge < -0.3 is 15.3 Å². The summed E-state index contributed by atoms with van der Waals surface area (Å²) in [6.07, 6.45) is 5.49. The lowest BCUT2D eigenvalue weighted by molar-refractivity contribution is -0.137. The van der Waals surface area contributed by atoms with Crippen molar-refractivity contribution < 1.29 is 14.7 Å². The monoisotopic (exact) mass is 256 g/mol. The topological polar surface area (TPSA) is 69.6 Å². The van der Waals surface area contributed by atoms with Gasteiger partial charge in [0.25, 0.3) is 0 Å². The number of rotatable bonds is 4. The van der Waals surface area contributed by atoms with Crippen LogP contribution in [0.3, 0.4) is 0 Å². The average molecular weight is 256 g/mol. The second-order valence-electron chi connectivity index (χ2n) is 5.17. The van der Waals surface area contributed by atoms with Crippen LogP contribution in [-0.2, 0) is 4.79 Å². The van der Waals surface area contributed by atoms with E-state index in [-0.39, 0.29) is 18.6 Å². The molecule has 0 saturated heterocycles. The lowest BCUT2D eigenvalue weighted by atomic mass is 10.0. The van der Waals surface area contributed by atoms with Crippen molar-refractivity contribution in [1.29, 1.82) is 0 Å². The summed E-state index contributed by atoms with van der Waals surface area (Å²) in [5, 5.41) is 11.7. The van der Waals surface area contributed by atoms with Gasteiger partial charge in [-0.25, -0.2) is 4.79 Å². The minimum Gasteiger partial charge on any atom is -0.480 e. The first-order valence-corrected chi connectivity index (χ1v) is 6.80. The van der Waals surface area contributed by atoms with Gasteiger partial charge in [-0.2, -0.15) is 0 Å². The number of carbonyl (C=O) groups excluding carboxylic acids is 1. The lowest BCUT2D eigenvalue weighted by Gasteiger charge is -2.23. The molecule has 2 N–H and O–H groups in total. The van der Waals surface area contributed by atoms with Crippen molar-refractivity contribution in [3.8, 4) is 0 Å². The van der Waals surface area contributed by atoms with Crippen LogP contribution in [-0.4, -0.2) is 41.1 Å². The highest BCUT2D eigenvalue weighted by Gasteiger charge is 2.21. The summed E-state index contributed by atoms with van der Waals surface area (Å²) in [7, 11) is 0. The zero-order valence-electron chi connectivity index (χ0n) is 11.3. The van der Waals surface area contributed by atoms with Crippen molar-refractivity contribution in [3.63, 3.8) is 0 Å². The van der Waals surface area contributed by atoms with Gasteiger partial charge in [0.15, 0.2) is 0 Å². The second kappa shape index (κ2) is 7.24. The van der Waals surface area contributed by atoms with Crippen LogP contribution in [0.1, 0.15) is 46.0 Å². The van der Waals surface area contributed by atoms with E-state index >= 15 is 0 Å². The predicted molar refractivity (Wildman–Crippen MR) is 69.5 cm³/mol. The van der Waals surface area contributed by atoms with Crippen LogP contribution < -0.4 is 5.32 Å². The minimum atomic E-state index is -0.971. The molecule has 18 heavy (non-hydrogen) atoms. The van der Waals surface area contributed by atoms with Crippen molar-refractivity contribution in [2.24, 2.45) is 5.92 Å². The third-order valence-corrected chi connectivity index (χ3v) is 3.58. The molecule has 1 aliphatic carbocycles. The Bertz CT molecular complexity index is 294. The van der Waals surface area contributed by atoms with E-state index in [0.29, 0.717) is 6.54 Å². The Kier molecular flexibility index (Phi) is 5.95. The third-order valence-electron chi connectivity index (χ3n) is 3.58. The Morgan fingerprint density at radius 1 is 1.28 bits per heavy atom. The maximum Gasteiger partial charge on any atom is 0.323 e. The summed E-state index contributed by atoms with van der Waals surface area (Å²) in [6.45, 7) is 4.22. The van der Waals surface area contributed by atoms with Gasteiger partial charge in [-0.1, -0.05) is 19.8 Å². The number of nitrogens with one attached hydrogen (secondary N) is 1. The Morgan fingerprint density at radius 2 is 2.00 bits per heavy atom. The first-order valence-electron chi connectivity index (χ1n) is 6.80. The standard InChI is InChI=1S/C13H24N2O3/c1-3-15(9-12(16)17)13(18)14-11-6-4-5-10(2)7-8-11/h10-11H,3-9H2,1-2H3,(H,14,18)(H,16,17). The van der Waals surface area contributed by atoms with Gasteiger partial charge in [0.05, 0.1) is 0 Å². The molecule has 1 saturated carbocycles. The van der Waals surface area contributed by atoms with E-state index in [9.17, 15) is 9.59 Å². The number of carboxylic acid groups (broad SMARTS) is 1. The van der Waals surface area contributed by atoms with Crippen molar-refractivity contribution >= 4 is 12.0 Å². The number of hydrogen-bond acceptors (Lipinski definition) is 2. The Hall–Kier alpha value is -1.26. The number of amides is 2. The number of likely N-dealkylation sites (N-methyl/N-ethyl adjacent to an activating group) is 1. The largest absolute Gasteiger partial charge is 0.480 e. The molecule has 0 heterocycles. The molecule has 5 heteroatoms. The van der Waals surface area contributed by atoms with Crippen molar-refractivity contribution in [2.75, 3.05) is 13.1 Å². The molecule has 1 aliphatic rings. The maximum atomic E-state index is 11.9. The van der Waals surface area contributed by atoms with Crippen molar-refractivity contribution in [1.82, 2.24) is 10.2 Å². The molecular formula is C13H24N2O3. The zero-order chi connectivity index (χ0) is 13.5. The molecule has 0 aromatic heterocycles. The fourth-order valence-corrected chi connectivity index (χ4v) is 2.39. The number of aliphatic carboxylic acids is 1. The number of hydrogen-bond donors (Lipinski definition) is 2. The Labute approximate surface area is 109 Å². The summed E-state index contributed by atoms with van der Waals surface area (Å²) in [5.74, 6) is -0.241. The maximum absolute atomic E-state index is 11.9. The smallest absolute Gasteiger partial charge is 0.323 e. The summed E-state index contributed by atoms with van der Waals surface area (Å²) < 4.78 is 0. The summed E-state index contributed by atoms with van der Waals surface area (Å²) in [6, 6.07) is -0.0512. The molecule has 2 unspecified atom stereocenters. The zero-order valence-corrected chi connectivity index (χ0v) is 11.3. The van der Waals surface area contributed by atoms with Gasteiger partial charge in [0, 0.05) is 12.6 Å². The third kappa shape index (κ3) is 4.94. The quantitative estimate of drug-likeness (QED) is 0.756. The van der Waals surface area contributed by atoms with Crippen LogP contribution in [0.4, 0.5) is 4.79 Å². The van der Waals surface area contributed by atoms with Gasteiger partial charge in [-0.05, 0) is 32.1 Å². The van der Waals surface area contributed by atoms with Gasteiger partial charge >= 0.3 is 12.0 Å². The Balaban J connectivity index is 2.44. The van der Waals surface area contributed by atoms with Crippen LogP contribution in [0.25, 0.3) is 0 Å². The molecule has 1 rings (SSSR count). The van der Waals surface area contributed by atoms with Crippen LogP contribution in [0.2, 0.25) is 0 Å². The number of carboxylic acids is 1. The SMILES string of the molecule is CCN(CC(=O)O)C(=O)NC1CCCC(C)CC1. The van der Waals surface area contributed by atoms with Crippen LogP contribution >= 0.6 is 0 Å². The van der Waals surface area contributed by atoms with Crippen molar-refractivity contribution in [2.45, 2.75) is 52.0 Å². The van der Waals surface area contributed by atoms with E-state index < -0.39 is 5.97 Å². The van der Waals surface area contributed by atoms with Crippen LogP contribution in [0, 0.1) is 5.92 Å². The minimum absolute atomic E-state index is 0.199. The van der Waals surface area contributed by atoms with Crippen molar-refractivity contribution in [3.05, 3.63) is 0 Å². The van der Waals surface area contributed by atoms with E-state index in [1.807, 2.05) is 0 Å².